The maximum atomic E-state index is 11.5. The number of aromatic nitrogens is 3. The standard InChI is InChI=1S/C18H15Cl2N5OS/c1-11(26)13-3-2-4-14(8-13)22-18(27)23-17-21-10-25(24-17)9-12-5-6-15(19)16(20)7-12/h2-8,10H,9H2,1H3,(H2,22,23,24,27). The number of carbonyl (C=O) groups is 1. The maximum Gasteiger partial charge on any atom is 0.248 e. The molecule has 0 fully saturated rings. The molecule has 0 saturated carbocycles. The zero-order valence-electron chi connectivity index (χ0n) is 14.2. The lowest BCUT2D eigenvalue weighted by atomic mass is 10.1. The molecule has 2 aromatic carbocycles. The molecule has 0 aliphatic rings. The number of rotatable bonds is 5. The molecule has 1 aromatic heterocycles. The van der Waals surface area contributed by atoms with Crippen LogP contribution >= 0.6 is 35.4 Å². The zero-order chi connectivity index (χ0) is 19.4. The molecule has 3 aromatic rings. The van der Waals surface area contributed by atoms with Crippen LogP contribution < -0.4 is 10.6 Å². The van der Waals surface area contributed by atoms with Crippen LogP contribution in [0.1, 0.15) is 22.8 Å². The number of Topliss-reactive ketones (excluding diaryl/α,β-unsaturated/α-hetero) is 1. The molecule has 1 heterocycles. The summed E-state index contributed by atoms with van der Waals surface area (Å²) in [5.41, 5.74) is 2.25. The lowest BCUT2D eigenvalue weighted by molar-refractivity contribution is 0.101. The van der Waals surface area contributed by atoms with Gasteiger partial charge in [-0.2, -0.15) is 0 Å². The number of hydrogen-bond acceptors (Lipinski definition) is 4. The van der Waals surface area contributed by atoms with Crippen molar-refractivity contribution in [3.05, 3.63) is 70.0 Å². The fourth-order valence-corrected chi connectivity index (χ4v) is 2.86. The van der Waals surface area contributed by atoms with Crippen molar-refractivity contribution in [3.63, 3.8) is 0 Å². The molecular weight excluding hydrogens is 405 g/mol. The first-order valence-electron chi connectivity index (χ1n) is 7.93. The highest BCUT2D eigenvalue weighted by atomic mass is 35.5. The predicted molar refractivity (Wildman–Crippen MR) is 112 cm³/mol. The molecule has 6 nitrogen and oxygen atoms in total. The second-order valence-corrected chi connectivity index (χ2v) is 6.95. The second kappa shape index (κ2) is 8.47. The number of nitrogens with one attached hydrogen (secondary N) is 2. The number of thiocarbonyl (C=S) groups is 1. The Labute approximate surface area is 171 Å². The minimum atomic E-state index is -0.0137. The van der Waals surface area contributed by atoms with Crippen molar-refractivity contribution in [2.75, 3.05) is 10.6 Å². The summed E-state index contributed by atoms with van der Waals surface area (Å²) in [5, 5.41) is 11.6. The molecule has 0 unspecified atom stereocenters. The Morgan fingerprint density at radius 2 is 1.96 bits per heavy atom. The summed E-state index contributed by atoms with van der Waals surface area (Å²) in [6.07, 6.45) is 1.59. The van der Waals surface area contributed by atoms with Crippen LogP contribution in [-0.2, 0) is 6.54 Å². The van der Waals surface area contributed by atoms with Gasteiger partial charge in [0.15, 0.2) is 10.9 Å². The highest BCUT2D eigenvalue weighted by molar-refractivity contribution is 7.80. The molecule has 9 heteroatoms. The van der Waals surface area contributed by atoms with Gasteiger partial charge in [0, 0.05) is 11.3 Å². The van der Waals surface area contributed by atoms with Gasteiger partial charge in [0.2, 0.25) is 5.95 Å². The highest BCUT2D eigenvalue weighted by Crippen LogP contribution is 2.23. The van der Waals surface area contributed by atoms with E-state index in [2.05, 4.69) is 20.7 Å². The number of benzene rings is 2. The molecule has 27 heavy (non-hydrogen) atoms. The lowest BCUT2D eigenvalue weighted by Gasteiger charge is -2.08. The van der Waals surface area contributed by atoms with Gasteiger partial charge in [-0.3, -0.25) is 10.1 Å². The average Bonchev–Trinajstić information content (AvgIpc) is 3.05. The normalized spacial score (nSPS) is 10.5. The van der Waals surface area contributed by atoms with E-state index in [1.54, 1.807) is 41.3 Å². The summed E-state index contributed by atoms with van der Waals surface area (Å²) < 4.78 is 1.65. The molecule has 2 N–H and O–H groups in total. The molecule has 0 atom stereocenters. The number of ketones is 1. The second-order valence-electron chi connectivity index (χ2n) is 5.73. The van der Waals surface area contributed by atoms with Crippen LogP contribution in [0.3, 0.4) is 0 Å². The molecule has 3 rings (SSSR count). The molecule has 0 bridgehead atoms. The summed E-state index contributed by atoms with van der Waals surface area (Å²) in [7, 11) is 0. The van der Waals surface area contributed by atoms with Gasteiger partial charge in [0.05, 0.1) is 16.6 Å². The summed E-state index contributed by atoms with van der Waals surface area (Å²) >= 11 is 17.2. The van der Waals surface area contributed by atoms with Gasteiger partial charge in [-0.25, -0.2) is 9.67 Å². The van der Waals surface area contributed by atoms with Crippen LogP contribution in [0.4, 0.5) is 11.6 Å². The monoisotopic (exact) mass is 419 g/mol. The van der Waals surface area contributed by atoms with E-state index >= 15 is 0 Å². The Morgan fingerprint density at radius 1 is 1.15 bits per heavy atom. The summed E-state index contributed by atoms with van der Waals surface area (Å²) in [5.74, 6) is 0.343. The van der Waals surface area contributed by atoms with Crippen molar-refractivity contribution < 1.29 is 4.79 Å². The summed E-state index contributed by atoms with van der Waals surface area (Å²) in [6, 6.07) is 12.5. The lowest BCUT2D eigenvalue weighted by Crippen LogP contribution is -2.20. The first-order valence-corrected chi connectivity index (χ1v) is 9.09. The van der Waals surface area contributed by atoms with Gasteiger partial charge < -0.3 is 5.32 Å². The van der Waals surface area contributed by atoms with Crippen LogP contribution in [0.5, 0.6) is 0 Å². The van der Waals surface area contributed by atoms with Gasteiger partial charge in [0.1, 0.15) is 6.33 Å². The van der Waals surface area contributed by atoms with E-state index in [9.17, 15) is 4.79 Å². The van der Waals surface area contributed by atoms with Crippen LogP contribution in [0, 0.1) is 0 Å². The quantitative estimate of drug-likeness (QED) is 0.463. The van der Waals surface area contributed by atoms with Crippen LogP contribution in [0.25, 0.3) is 0 Å². The molecule has 0 amide bonds. The van der Waals surface area contributed by atoms with E-state index in [0.717, 1.165) is 5.56 Å². The van der Waals surface area contributed by atoms with E-state index < -0.39 is 0 Å². The van der Waals surface area contributed by atoms with Crippen molar-refractivity contribution >= 4 is 58.0 Å². The van der Waals surface area contributed by atoms with Crippen LogP contribution in [-0.4, -0.2) is 25.7 Å². The first kappa shape index (κ1) is 19.3. The predicted octanol–water partition coefficient (Wildman–Crippen LogP) is 4.64. The van der Waals surface area contributed by atoms with Crippen LogP contribution in [0.15, 0.2) is 48.8 Å². The van der Waals surface area contributed by atoms with Crippen molar-refractivity contribution in [1.82, 2.24) is 14.8 Å². The van der Waals surface area contributed by atoms with Crippen molar-refractivity contribution in [2.45, 2.75) is 13.5 Å². The Bertz CT molecular complexity index is 1000. The smallest absolute Gasteiger partial charge is 0.248 e. The van der Waals surface area contributed by atoms with Crippen molar-refractivity contribution in [3.8, 4) is 0 Å². The maximum absolute atomic E-state index is 11.5. The van der Waals surface area contributed by atoms with E-state index in [4.69, 9.17) is 35.4 Å². The minimum Gasteiger partial charge on any atom is -0.332 e. The number of hydrogen-bond donors (Lipinski definition) is 2. The third-order valence-corrected chi connectivity index (χ3v) is 4.56. The van der Waals surface area contributed by atoms with E-state index in [1.165, 1.54) is 6.92 Å². The summed E-state index contributed by atoms with van der Waals surface area (Å²) in [4.78, 5) is 15.6. The molecule has 0 saturated heterocycles. The third-order valence-electron chi connectivity index (χ3n) is 3.62. The molecule has 0 radical (unpaired) electrons. The average molecular weight is 420 g/mol. The third kappa shape index (κ3) is 5.26. The Morgan fingerprint density at radius 3 is 2.70 bits per heavy atom. The molecular formula is C18H15Cl2N5OS. The number of nitrogens with zero attached hydrogens (tertiary/aromatic N) is 3. The van der Waals surface area contributed by atoms with Gasteiger partial charge in [-0.1, -0.05) is 41.4 Å². The zero-order valence-corrected chi connectivity index (χ0v) is 16.6. The largest absolute Gasteiger partial charge is 0.332 e. The fourth-order valence-electron chi connectivity index (χ4n) is 2.33. The Balaban J connectivity index is 1.61. The molecule has 0 aliphatic carbocycles. The number of carbonyl (C=O) groups excluding carboxylic acids is 1. The SMILES string of the molecule is CC(=O)c1cccc(NC(=S)Nc2ncn(Cc3ccc(Cl)c(Cl)c3)n2)c1. The van der Waals surface area contributed by atoms with Crippen LogP contribution in [0.2, 0.25) is 10.0 Å². The Hall–Kier alpha value is -2.48. The van der Waals surface area contributed by atoms with Gasteiger partial charge >= 0.3 is 0 Å². The van der Waals surface area contributed by atoms with Crippen molar-refractivity contribution in [2.24, 2.45) is 0 Å². The van der Waals surface area contributed by atoms with Crippen molar-refractivity contribution in [1.29, 1.82) is 0 Å². The van der Waals surface area contributed by atoms with Gasteiger partial charge in [-0.15, -0.1) is 5.10 Å². The Kier molecular flexibility index (Phi) is 6.05. The minimum absolute atomic E-state index is 0.0137. The van der Waals surface area contributed by atoms with Gasteiger partial charge in [0.25, 0.3) is 0 Å². The summed E-state index contributed by atoms with van der Waals surface area (Å²) in [6.45, 7) is 2.01. The number of anilines is 2. The molecule has 0 spiro atoms. The van der Waals surface area contributed by atoms with E-state index in [-0.39, 0.29) is 5.78 Å². The van der Waals surface area contributed by atoms with Gasteiger partial charge in [-0.05, 0) is 49.0 Å². The molecule has 0 aliphatic heterocycles. The topological polar surface area (TPSA) is 71.8 Å². The van der Waals surface area contributed by atoms with E-state index in [0.29, 0.717) is 38.9 Å². The van der Waals surface area contributed by atoms with E-state index in [1.807, 2.05) is 12.1 Å². The highest BCUT2D eigenvalue weighted by Gasteiger charge is 2.07. The molecule has 138 valence electrons. The first-order chi connectivity index (χ1) is 12.9. The number of halogens is 2. The fraction of sp³-hybridized carbons (Fsp3) is 0.111.